The Morgan fingerprint density at radius 3 is 2.85 bits per heavy atom. The van der Waals surface area contributed by atoms with Crippen LogP contribution >= 0.6 is 0 Å². The van der Waals surface area contributed by atoms with Crippen molar-refractivity contribution >= 4 is 0 Å². The third-order valence-corrected chi connectivity index (χ3v) is 3.17. The Balaban J connectivity index is 2.42. The van der Waals surface area contributed by atoms with Crippen molar-refractivity contribution in [2.24, 2.45) is 0 Å². The first-order valence-corrected chi connectivity index (χ1v) is 5.93. The van der Waals surface area contributed by atoms with Crippen LogP contribution in [0.1, 0.15) is 11.8 Å². The van der Waals surface area contributed by atoms with Crippen molar-refractivity contribution < 1.29 is 24.1 Å². The zero-order chi connectivity index (χ0) is 14.9. The van der Waals surface area contributed by atoms with Gasteiger partial charge in [-0.1, -0.05) is 0 Å². The molecular formula is C11H15FN2O6. The lowest BCUT2D eigenvalue weighted by Gasteiger charge is -2.21. The Bertz CT molecular complexity index is 585. The fraction of sp³-hybridized carbons (Fsp3) is 0.636. The standard InChI is InChI=1S/C11H15FN2O6/c1-5-2-14(11(18)13-9(5)17)10-8(19-4-12)7(16)6(3-15)20-10/h2,6-8,10,15-16H,3-4H2,1H3,(H,13,17,18)/t6-,7?,8?,10-/m0/s1. The van der Waals surface area contributed by atoms with Crippen LogP contribution in [-0.2, 0) is 9.47 Å². The molecule has 0 spiro atoms. The first kappa shape index (κ1) is 14.9. The van der Waals surface area contributed by atoms with E-state index in [0.29, 0.717) is 0 Å². The van der Waals surface area contributed by atoms with Gasteiger partial charge in [0, 0.05) is 11.8 Å². The quantitative estimate of drug-likeness (QED) is 0.616. The molecule has 2 rings (SSSR count). The lowest BCUT2D eigenvalue weighted by molar-refractivity contribution is -0.0960. The molecule has 2 heterocycles. The molecule has 9 heteroatoms. The molecule has 0 bridgehead atoms. The van der Waals surface area contributed by atoms with Crippen LogP contribution in [0.2, 0.25) is 0 Å². The Labute approximate surface area is 112 Å². The molecule has 4 atom stereocenters. The largest absolute Gasteiger partial charge is 0.394 e. The second-order valence-electron chi connectivity index (χ2n) is 4.46. The van der Waals surface area contributed by atoms with E-state index in [-0.39, 0.29) is 5.56 Å². The van der Waals surface area contributed by atoms with Crippen molar-refractivity contribution in [3.05, 3.63) is 32.6 Å². The van der Waals surface area contributed by atoms with Gasteiger partial charge < -0.3 is 19.7 Å². The van der Waals surface area contributed by atoms with E-state index in [1.807, 2.05) is 0 Å². The number of H-pyrrole nitrogens is 1. The molecule has 1 saturated heterocycles. The van der Waals surface area contributed by atoms with E-state index in [0.717, 1.165) is 4.57 Å². The summed E-state index contributed by atoms with van der Waals surface area (Å²) in [5.74, 6) is 0. The predicted octanol–water partition coefficient (Wildman–Crippen LogP) is -1.59. The molecule has 0 amide bonds. The van der Waals surface area contributed by atoms with Gasteiger partial charge in [-0.2, -0.15) is 0 Å². The maximum absolute atomic E-state index is 12.4. The molecule has 1 aliphatic rings. The minimum atomic E-state index is -1.29. The summed E-state index contributed by atoms with van der Waals surface area (Å²) in [5.41, 5.74) is -1.08. The maximum Gasteiger partial charge on any atom is 0.330 e. The number of aromatic amines is 1. The third kappa shape index (κ3) is 2.52. The van der Waals surface area contributed by atoms with Crippen LogP contribution in [0.3, 0.4) is 0 Å². The zero-order valence-corrected chi connectivity index (χ0v) is 10.7. The van der Waals surface area contributed by atoms with Gasteiger partial charge in [-0.25, -0.2) is 9.18 Å². The van der Waals surface area contributed by atoms with Crippen molar-refractivity contribution in [3.8, 4) is 0 Å². The average Bonchev–Trinajstić information content (AvgIpc) is 2.72. The van der Waals surface area contributed by atoms with E-state index in [1.54, 1.807) is 0 Å². The number of alkyl halides is 1. The molecule has 1 aliphatic heterocycles. The second kappa shape index (κ2) is 5.83. The highest BCUT2D eigenvalue weighted by Gasteiger charge is 2.45. The summed E-state index contributed by atoms with van der Waals surface area (Å²) in [4.78, 5) is 25.1. The first-order valence-electron chi connectivity index (χ1n) is 5.93. The number of ether oxygens (including phenoxy) is 2. The van der Waals surface area contributed by atoms with Crippen molar-refractivity contribution in [2.75, 3.05) is 13.5 Å². The number of aromatic nitrogens is 2. The number of nitrogens with zero attached hydrogens (tertiary/aromatic N) is 1. The highest BCUT2D eigenvalue weighted by atomic mass is 19.1. The van der Waals surface area contributed by atoms with Gasteiger partial charge in [-0.3, -0.25) is 14.3 Å². The van der Waals surface area contributed by atoms with Crippen LogP contribution in [-0.4, -0.2) is 51.5 Å². The number of aliphatic hydroxyl groups is 2. The molecule has 0 radical (unpaired) electrons. The van der Waals surface area contributed by atoms with Gasteiger partial charge in [0.15, 0.2) is 13.1 Å². The summed E-state index contributed by atoms with van der Waals surface area (Å²) in [6, 6.07) is 0. The molecule has 2 unspecified atom stereocenters. The smallest absolute Gasteiger partial charge is 0.330 e. The minimum Gasteiger partial charge on any atom is -0.394 e. The normalized spacial score (nSPS) is 29.8. The summed E-state index contributed by atoms with van der Waals surface area (Å²) in [5, 5.41) is 18.9. The summed E-state index contributed by atoms with van der Waals surface area (Å²) in [6.07, 6.45) is -3.37. The number of nitrogens with one attached hydrogen (secondary N) is 1. The highest BCUT2D eigenvalue weighted by Crippen LogP contribution is 2.30. The van der Waals surface area contributed by atoms with Gasteiger partial charge in [0.2, 0.25) is 0 Å². The molecule has 1 aromatic rings. The first-order chi connectivity index (χ1) is 9.49. The molecule has 1 aromatic heterocycles. The van der Waals surface area contributed by atoms with Gasteiger partial charge in [0.05, 0.1) is 6.61 Å². The predicted molar refractivity (Wildman–Crippen MR) is 63.9 cm³/mol. The van der Waals surface area contributed by atoms with Crippen molar-refractivity contribution in [3.63, 3.8) is 0 Å². The Morgan fingerprint density at radius 1 is 1.55 bits per heavy atom. The van der Waals surface area contributed by atoms with Crippen LogP contribution in [0, 0.1) is 6.92 Å². The fourth-order valence-electron chi connectivity index (χ4n) is 2.12. The fourth-order valence-corrected chi connectivity index (χ4v) is 2.12. The van der Waals surface area contributed by atoms with Crippen molar-refractivity contribution in [1.29, 1.82) is 0 Å². The summed E-state index contributed by atoms with van der Waals surface area (Å²) < 4.78 is 23.4. The topological polar surface area (TPSA) is 114 Å². The molecule has 20 heavy (non-hydrogen) atoms. The summed E-state index contributed by atoms with van der Waals surface area (Å²) in [6.45, 7) is -0.216. The van der Waals surface area contributed by atoms with Gasteiger partial charge in [-0.05, 0) is 6.92 Å². The molecule has 3 N–H and O–H groups in total. The Hall–Kier alpha value is -1.55. The maximum atomic E-state index is 12.4. The van der Waals surface area contributed by atoms with E-state index in [1.165, 1.54) is 13.1 Å². The van der Waals surface area contributed by atoms with Crippen LogP contribution in [0.4, 0.5) is 4.39 Å². The SMILES string of the molecule is Cc1cn([C@H]2O[C@@H](CO)C(O)C2OCF)c(=O)[nH]c1=O. The van der Waals surface area contributed by atoms with Crippen LogP contribution in [0.25, 0.3) is 0 Å². The zero-order valence-electron chi connectivity index (χ0n) is 10.7. The lowest BCUT2D eigenvalue weighted by atomic mass is 10.1. The Kier molecular flexibility index (Phi) is 4.33. The summed E-state index contributed by atoms with van der Waals surface area (Å²) in [7, 11) is 0. The van der Waals surface area contributed by atoms with Gasteiger partial charge in [0.1, 0.15) is 18.3 Å². The van der Waals surface area contributed by atoms with E-state index in [4.69, 9.17) is 14.6 Å². The van der Waals surface area contributed by atoms with Crippen LogP contribution < -0.4 is 11.2 Å². The molecule has 0 aromatic carbocycles. The third-order valence-electron chi connectivity index (χ3n) is 3.17. The van der Waals surface area contributed by atoms with Crippen LogP contribution in [0.15, 0.2) is 15.8 Å². The lowest BCUT2D eigenvalue weighted by Crippen LogP contribution is -2.39. The molecular weight excluding hydrogens is 275 g/mol. The van der Waals surface area contributed by atoms with Crippen LogP contribution in [0.5, 0.6) is 0 Å². The molecule has 0 saturated carbocycles. The van der Waals surface area contributed by atoms with E-state index < -0.39 is 49.3 Å². The number of hydrogen-bond donors (Lipinski definition) is 3. The average molecular weight is 290 g/mol. The van der Waals surface area contributed by atoms with Gasteiger partial charge in [-0.15, -0.1) is 0 Å². The molecule has 1 fully saturated rings. The highest BCUT2D eigenvalue weighted by molar-refractivity contribution is 5.03. The van der Waals surface area contributed by atoms with E-state index in [9.17, 15) is 19.1 Å². The Morgan fingerprint density at radius 2 is 2.25 bits per heavy atom. The molecule has 0 aliphatic carbocycles. The summed E-state index contributed by atoms with van der Waals surface area (Å²) >= 11 is 0. The number of halogens is 1. The monoisotopic (exact) mass is 290 g/mol. The molecule has 8 nitrogen and oxygen atoms in total. The van der Waals surface area contributed by atoms with E-state index in [2.05, 4.69) is 4.98 Å². The molecule has 112 valence electrons. The van der Waals surface area contributed by atoms with Gasteiger partial charge >= 0.3 is 5.69 Å². The number of aryl methyl sites for hydroxylation is 1. The van der Waals surface area contributed by atoms with Gasteiger partial charge in [0.25, 0.3) is 5.56 Å². The van der Waals surface area contributed by atoms with Crippen molar-refractivity contribution in [2.45, 2.75) is 31.5 Å². The number of aliphatic hydroxyl groups excluding tert-OH is 2. The van der Waals surface area contributed by atoms with Crippen molar-refractivity contribution in [1.82, 2.24) is 9.55 Å². The second-order valence-corrected chi connectivity index (χ2v) is 4.46. The number of rotatable bonds is 4. The number of hydrogen-bond acceptors (Lipinski definition) is 6. The minimum absolute atomic E-state index is 0.245. The van der Waals surface area contributed by atoms with E-state index >= 15 is 0 Å².